The number of fused-ring (bicyclic) bond motifs is 1. The summed E-state index contributed by atoms with van der Waals surface area (Å²) in [7, 11) is 1.62. The molecular formula is C17H12BrN3O3. The summed E-state index contributed by atoms with van der Waals surface area (Å²) in [5.41, 5.74) is 2.78. The molecule has 1 N–H and O–H groups in total. The number of benzene rings is 1. The van der Waals surface area contributed by atoms with Crippen LogP contribution in [0.1, 0.15) is 0 Å². The highest BCUT2D eigenvalue weighted by Crippen LogP contribution is 2.36. The van der Waals surface area contributed by atoms with Crippen LogP contribution in [0.25, 0.3) is 22.0 Å². The highest BCUT2D eigenvalue weighted by Gasteiger charge is 2.26. The van der Waals surface area contributed by atoms with E-state index in [0.29, 0.717) is 0 Å². The number of aromatic amines is 1. The van der Waals surface area contributed by atoms with Gasteiger partial charge in [0, 0.05) is 57.2 Å². The molecule has 3 heterocycles. The number of nitrogens with one attached hydrogen (secondary N) is 1. The second-order valence-corrected chi connectivity index (χ2v) is 6.19. The third kappa shape index (κ3) is 2.16. The SMILES string of the molecule is COc1ccc2[nH]cc(-c3cn(N4C(=O)C=CC4=O)cc3Br)c2c1. The van der Waals surface area contributed by atoms with Crippen molar-refractivity contribution in [2.45, 2.75) is 0 Å². The lowest BCUT2D eigenvalue weighted by molar-refractivity contribution is -0.122. The van der Waals surface area contributed by atoms with Crippen LogP contribution in [0.5, 0.6) is 5.75 Å². The summed E-state index contributed by atoms with van der Waals surface area (Å²) < 4.78 is 7.56. The summed E-state index contributed by atoms with van der Waals surface area (Å²) >= 11 is 3.51. The maximum absolute atomic E-state index is 11.8. The third-order valence-electron chi connectivity index (χ3n) is 3.96. The fraction of sp³-hybridized carbons (Fsp3) is 0.0588. The van der Waals surface area contributed by atoms with Gasteiger partial charge >= 0.3 is 0 Å². The topological polar surface area (TPSA) is 67.3 Å². The standard InChI is InChI=1S/C17H12BrN3O3/c1-24-10-2-3-15-11(6-10)12(7-19-15)13-8-20(9-14(13)18)21-16(22)4-5-17(21)23/h2-9,19H,1H3. The van der Waals surface area contributed by atoms with Crippen LogP contribution in [0.3, 0.4) is 0 Å². The van der Waals surface area contributed by atoms with Gasteiger partial charge in [-0.2, -0.15) is 5.01 Å². The minimum atomic E-state index is -0.366. The van der Waals surface area contributed by atoms with Gasteiger partial charge in [-0.1, -0.05) is 0 Å². The lowest BCUT2D eigenvalue weighted by Gasteiger charge is -2.14. The van der Waals surface area contributed by atoms with Crippen molar-refractivity contribution in [3.05, 3.63) is 53.4 Å². The second kappa shape index (κ2) is 5.38. The number of hydrogen-bond acceptors (Lipinski definition) is 3. The minimum Gasteiger partial charge on any atom is -0.497 e. The predicted molar refractivity (Wildman–Crippen MR) is 93.3 cm³/mol. The van der Waals surface area contributed by atoms with Crippen molar-refractivity contribution in [2.75, 3.05) is 12.1 Å². The van der Waals surface area contributed by atoms with Crippen molar-refractivity contribution in [1.82, 2.24) is 9.66 Å². The van der Waals surface area contributed by atoms with E-state index in [1.54, 1.807) is 19.5 Å². The van der Waals surface area contributed by atoms with Crippen molar-refractivity contribution in [2.24, 2.45) is 0 Å². The molecule has 120 valence electrons. The summed E-state index contributed by atoms with van der Waals surface area (Å²) in [5, 5.41) is 2.06. The van der Waals surface area contributed by atoms with Crippen molar-refractivity contribution in [1.29, 1.82) is 0 Å². The van der Waals surface area contributed by atoms with Crippen LogP contribution in [0.15, 0.2) is 53.4 Å². The maximum atomic E-state index is 11.8. The Bertz CT molecular complexity index is 997. The van der Waals surface area contributed by atoms with E-state index in [1.165, 1.54) is 16.8 Å². The Kier molecular flexibility index (Phi) is 3.31. The molecule has 0 saturated heterocycles. The molecule has 0 radical (unpaired) electrons. The Morgan fingerprint density at radius 1 is 1.08 bits per heavy atom. The van der Waals surface area contributed by atoms with Crippen LogP contribution in [0.4, 0.5) is 0 Å². The number of methoxy groups -OCH3 is 1. The molecule has 3 aromatic rings. The Hall–Kier alpha value is -2.80. The average molecular weight is 386 g/mol. The molecule has 0 unspecified atom stereocenters. The highest BCUT2D eigenvalue weighted by atomic mass is 79.9. The number of ether oxygens (including phenoxy) is 1. The van der Waals surface area contributed by atoms with Gasteiger partial charge in [-0.3, -0.25) is 14.3 Å². The van der Waals surface area contributed by atoms with E-state index in [0.717, 1.165) is 37.3 Å². The minimum absolute atomic E-state index is 0.366. The van der Waals surface area contributed by atoms with Gasteiger partial charge in [0.15, 0.2) is 0 Å². The van der Waals surface area contributed by atoms with E-state index in [-0.39, 0.29) is 11.8 Å². The van der Waals surface area contributed by atoms with Gasteiger partial charge in [0.2, 0.25) is 0 Å². The molecule has 0 atom stereocenters. The number of hydrogen-bond donors (Lipinski definition) is 1. The van der Waals surface area contributed by atoms with Crippen LogP contribution < -0.4 is 9.75 Å². The predicted octanol–water partition coefficient (Wildman–Crippen LogP) is 2.97. The van der Waals surface area contributed by atoms with Crippen LogP contribution in [-0.4, -0.2) is 28.6 Å². The molecule has 2 amide bonds. The Labute approximate surface area is 145 Å². The average Bonchev–Trinajstić information content (AvgIpc) is 3.24. The zero-order chi connectivity index (χ0) is 16.8. The summed E-state index contributed by atoms with van der Waals surface area (Å²) in [4.78, 5) is 26.9. The van der Waals surface area contributed by atoms with Crippen LogP contribution in [0.2, 0.25) is 0 Å². The first-order chi connectivity index (χ1) is 11.6. The fourth-order valence-corrected chi connectivity index (χ4v) is 3.33. The molecule has 0 fully saturated rings. The lowest BCUT2D eigenvalue weighted by atomic mass is 10.1. The summed E-state index contributed by atoms with van der Waals surface area (Å²) in [6, 6.07) is 5.77. The molecule has 6 nitrogen and oxygen atoms in total. The Balaban J connectivity index is 1.83. The van der Waals surface area contributed by atoms with E-state index in [1.807, 2.05) is 24.4 Å². The van der Waals surface area contributed by atoms with E-state index in [2.05, 4.69) is 20.9 Å². The summed E-state index contributed by atoms with van der Waals surface area (Å²) in [6.07, 6.45) is 7.84. The number of nitrogens with zero attached hydrogens (tertiary/aromatic N) is 2. The maximum Gasteiger partial charge on any atom is 0.273 e. The zero-order valence-corrected chi connectivity index (χ0v) is 14.2. The fourth-order valence-electron chi connectivity index (χ4n) is 2.80. The molecule has 7 heteroatoms. The number of rotatable bonds is 3. The van der Waals surface area contributed by atoms with E-state index >= 15 is 0 Å². The summed E-state index contributed by atoms with van der Waals surface area (Å²) in [5.74, 6) is 0.0253. The van der Waals surface area contributed by atoms with Gasteiger partial charge in [0.05, 0.1) is 7.11 Å². The third-order valence-corrected chi connectivity index (χ3v) is 4.59. The monoisotopic (exact) mass is 385 g/mol. The number of aromatic nitrogens is 2. The molecule has 4 rings (SSSR count). The number of halogens is 1. The van der Waals surface area contributed by atoms with E-state index < -0.39 is 0 Å². The molecule has 2 aromatic heterocycles. The van der Waals surface area contributed by atoms with Gasteiger partial charge < -0.3 is 9.72 Å². The smallest absolute Gasteiger partial charge is 0.273 e. The quantitative estimate of drug-likeness (QED) is 0.704. The number of carbonyl (C=O) groups is 2. The van der Waals surface area contributed by atoms with E-state index in [4.69, 9.17) is 4.74 Å². The van der Waals surface area contributed by atoms with Crippen molar-refractivity contribution >= 4 is 38.6 Å². The Morgan fingerprint density at radius 3 is 2.54 bits per heavy atom. The molecular weight excluding hydrogens is 374 g/mol. The molecule has 1 aliphatic heterocycles. The molecule has 0 saturated carbocycles. The number of imide groups is 1. The van der Waals surface area contributed by atoms with E-state index in [9.17, 15) is 9.59 Å². The largest absolute Gasteiger partial charge is 0.497 e. The van der Waals surface area contributed by atoms with Gasteiger partial charge in [-0.15, -0.1) is 0 Å². The zero-order valence-electron chi connectivity index (χ0n) is 12.6. The molecule has 0 aliphatic carbocycles. The molecule has 1 aliphatic rings. The number of carbonyl (C=O) groups excluding carboxylic acids is 2. The van der Waals surface area contributed by atoms with Gasteiger partial charge in [-0.25, -0.2) is 0 Å². The first-order valence-corrected chi connectivity index (χ1v) is 7.97. The molecule has 1 aromatic carbocycles. The summed E-state index contributed by atoms with van der Waals surface area (Å²) in [6.45, 7) is 0. The van der Waals surface area contributed by atoms with Crippen molar-refractivity contribution in [3.8, 4) is 16.9 Å². The number of H-pyrrole nitrogens is 1. The van der Waals surface area contributed by atoms with Crippen molar-refractivity contribution in [3.63, 3.8) is 0 Å². The Morgan fingerprint density at radius 2 is 1.83 bits per heavy atom. The van der Waals surface area contributed by atoms with Crippen LogP contribution in [0, 0.1) is 0 Å². The molecule has 24 heavy (non-hydrogen) atoms. The van der Waals surface area contributed by atoms with Gasteiger partial charge in [0.25, 0.3) is 11.8 Å². The van der Waals surface area contributed by atoms with Crippen LogP contribution in [-0.2, 0) is 9.59 Å². The van der Waals surface area contributed by atoms with Gasteiger partial charge in [0.1, 0.15) is 5.75 Å². The van der Waals surface area contributed by atoms with Crippen LogP contribution >= 0.6 is 15.9 Å². The highest BCUT2D eigenvalue weighted by molar-refractivity contribution is 9.10. The lowest BCUT2D eigenvalue weighted by Crippen LogP contribution is -2.39. The normalized spacial score (nSPS) is 14.2. The number of amides is 2. The second-order valence-electron chi connectivity index (χ2n) is 5.34. The molecule has 0 spiro atoms. The molecule has 0 bridgehead atoms. The first-order valence-electron chi connectivity index (χ1n) is 7.18. The first kappa shape index (κ1) is 14.8. The van der Waals surface area contributed by atoms with Gasteiger partial charge in [-0.05, 0) is 34.1 Å². The van der Waals surface area contributed by atoms with Crippen molar-refractivity contribution < 1.29 is 14.3 Å².